The van der Waals surface area contributed by atoms with E-state index in [0.29, 0.717) is 17.1 Å². The average Bonchev–Trinajstić information content (AvgIpc) is 3.07. The van der Waals surface area contributed by atoms with E-state index >= 15 is 0 Å². The first-order chi connectivity index (χ1) is 14.4. The molecule has 1 aliphatic heterocycles. The van der Waals surface area contributed by atoms with Crippen molar-refractivity contribution in [1.82, 2.24) is 9.47 Å². The molecule has 0 radical (unpaired) electrons. The number of hydrogen-bond acceptors (Lipinski definition) is 5. The van der Waals surface area contributed by atoms with Gasteiger partial charge in [-0.15, -0.1) is 11.3 Å². The summed E-state index contributed by atoms with van der Waals surface area (Å²) in [5.74, 6) is -1.37. The number of nitrogens with zero attached hydrogens (tertiary/aromatic N) is 2. The fourth-order valence-corrected chi connectivity index (χ4v) is 4.57. The number of halogens is 4. The third-order valence-corrected chi connectivity index (χ3v) is 5.76. The van der Waals surface area contributed by atoms with Gasteiger partial charge in [-0.1, -0.05) is 6.07 Å². The molecule has 0 unspecified atom stereocenters. The summed E-state index contributed by atoms with van der Waals surface area (Å²) in [7, 11) is 2.08. The summed E-state index contributed by atoms with van der Waals surface area (Å²) >= 11 is 1.19. The molecule has 1 saturated heterocycles. The number of carbonyl (C=O) groups is 1. The first-order valence-corrected chi connectivity index (χ1v) is 10.2. The number of benzene rings is 1. The van der Waals surface area contributed by atoms with Gasteiger partial charge in [0, 0.05) is 40.5 Å². The van der Waals surface area contributed by atoms with Crippen LogP contribution in [0.2, 0.25) is 0 Å². The van der Waals surface area contributed by atoms with Crippen molar-refractivity contribution < 1.29 is 22.4 Å². The molecule has 10 heteroatoms. The van der Waals surface area contributed by atoms with Crippen LogP contribution in [-0.2, 0) is 17.5 Å². The first-order valence-electron chi connectivity index (χ1n) is 9.32. The number of thiophene rings is 1. The minimum absolute atomic E-state index is 0.0935. The monoisotopic (exact) mass is 455 g/mol. The van der Waals surface area contributed by atoms with Crippen LogP contribution in [0, 0.1) is 5.82 Å². The van der Waals surface area contributed by atoms with Gasteiger partial charge in [0.05, 0.1) is 17.5 Å². The van der Waals surface area contributed by atoms with Crippen LogP contribution < -0.4 is 11.3 Å². The number of likely N-dealkylation sites (N-methyl/N-ethyl adjacent to an activating group) is 1. The van der Waals surface area contributed by atoms with Crippen LogP contribution in [0.1, 0.15) is 12.5 Å². The second kappa shape index (κ2) is 8.52. The molecule has 0 saturated carbocycles. The molecule has 0 bridgehead atoms. The first kappa shape index (κ1) is 23.1. The fraction of sp³-hybridized carbons (Fsp3) is 0.333. The average molecular weight is 455 g/mol. The molecule has 166 valence electrons. The number of nitrogens with two attached hydrogens (primary N) is 1. The lowest BCUT2D eigenvalue weighted by Gasteiger charge is -2.43. The van der Waals surface area contributed by atoms with Crippen LogP contribution in [0.4, 0.5) is 17.6 Å². The number of likely N-dealkylation sites (tertiary alicyclic amines) is 1. The lowest BCUT2D eigenvalue weighted by Crippen LogP contribution is -2.63. The summed E-state index contributed by atoms with van der Waals surface area (Å²) in [6.45, 7) is 4.02. The number of rotatable bonds is 3. The zero-order valence-electron chi connectivity index (χ0n) is 16.9. The van der Waals surface area contributed by atoms with Crippen LogP contribution in [-0.4, -0.2) is 41.4 Å². The van der Waals surface area contributed by atoms with E-state index in [1.807, 2.05) is 0 Å². The van der Waals surface area contributed by atoms with Crippen molar-refractivity contribution in [2.75, 3.05) is 20.1 Å². The second-order valence-corrected chi connectivity index (χ2v) is 8.76. The van der Waals surface area contributed by atoms with E-state index in [1.54, 1.807) is 11.4 Å². The number of aromatic nitrogens is 1. The predicted molar refractivity (Wildman–Crippen MR) is 113 cm³/mol. The van der Waals surface area contributed by atoms with Crippen LogP contribution in [0.5, 0.6) is 0 Å². The smallest absolute Gasteiger partial charge is 0.323 e. The Kier molecular flexibility index (Phi) is 6.35. The molecular weight excluding hydrogens is 434 g/mol. The van der Waals surface area contributed by atoms with Crippen molar-refractivity contribution in [3.8, 4) is 11.1 Å². The predicted octanol–water partition coefficient (Wildman–Crippen LogP) is 3.74. The number of fused-ring (bicyclic) bond motifs is 1. The summed E-state index contributed by atoms with van der Waals surface area (Å²) in [6.07, 6.45) is -2.83. The Balaban J connectivity index is 0.000000330. The highest BCUT2D eigenvalue weighted by Gasteiger charge is 2.34. The van der Waals surface area contributed by atoms with E-state index in [4.69, 9.17) is 5.73 Å². The molecule has 3 heterocycles. The summed E-state index contributed by atoms with van der Waals surface area (Å²) in [5, 5.41) is 1.76. The highest BCUT2D eigenvalue weighted by Crippen LogP contribution is 2.37. The molecule has 2 N–H and O–H groups in total. The summed E-state index contributed by atoms with van der Waals surface area (Å²) in [6, 6.07) is 4.23. The summed E-state index contributed by atoms with van der Waals surface area (Å²) in [5.41, 5.74) is 4.30. The fourth-order valence-electron chi connectivity index (χ4n) is 3.62. The van der Waals surface area contributed by atoms with E-state index in [0.717, 1.165) is 19.2 Å². The Morgan fingerprint density at radius 3 is 2.45 bits per heavy atom. The molecule has 0 atom stereocenters. The van der Waals surface area contributed by atoms with E-state index in [2.05, 4.69) is 18.9 Å². The van der Waals surface area contributed by atoms with Crippen LogP contribution in [0.25, 0.3) is 21.2 Å². The van der Waals surface area contributed by atoms with Gasteiger partial charge in [-0.3, -0.25) is 4.79 Å². The van der Waals surface area contributed by atoms with Gasteiger partial charge in [0.25, 0.3) is 5.56 Å². The summed E-state index contributed by atoms with van der Waals surface area (Å²) < 4.78 is 53.8. The lowest BCUT2D eigenvalue weighted by molar-refractivity contribution is -0.139. The maximum atomic E-state index is 13.4. The van der Waals surface area contributed by atoms with Crippen LogP contribution in [0.3, 0.4) is 0 Å². The van der Waals surface area contributed by atoms with E-state index in [1.165, 1.54) is 28.2 Å². The van der Waals surface area contributed by atoms with Gasteiger partial charge in [-0.25, -0.2) is 4.39 Å². The second-order valence-electron chi connectivity index (χ2n) is 7.85. The minimum atomic E-state index is -4.83. The van der Waals surface area contributed by atoms with E-state index in [9.17, 15) is 27.2 Å². The zero-order chi connectivity index (χ0) is 23.0. The molecule has 1 fully saturated rings. The minimum Gasteiger partial charge on any atom is -0.323 e. The Hall–Kier alpha value is -2.56. The highest BCUT2D eigenvalue weighted by molar-refractivity contribution is 7.17. The molecule has 1 aromatic carbocycles. The van der Waals surface area contributed by atoms with Crippen molar-refractivity contribution in [1.29, 1.82) is 0 Å². The molecule has 0 amide bonds. The van der Waals surface area contributed by atoms with Gasteiger partial charge < -0.3 is 20.0 Å². The third kappa shape index (κ3) is 5.03. The van der Waals surface area contributed by atoms with Crippen molar-refractivity contribution in [3.05, 3.63) is 57.6 Å². The molecular formula is C21H21F4N3O2S. The van der Waals surface area contributed by atoms with Gasteiger partial charge in [-0.2, -0.15) is 13.2 Å². The maximum Gasteiger partial charge on any atom is 0.419 e. The van der Waals surface area contributed by atoms with Crippen LogP contribution >= 0.6 is 11.3 Å². The largest absolute Gasteiger partial charge is 0.419 e. The van der Waals surface area contributed by atoms with Crippen LogP contribution in [0.15, 0.2) is 40.6 Å². The number of hydrogen-bond donors (Lipinski definition) is 1. The standard InChI is InChI=1S/C16H9F4NO2S.C5H12N2/c17-12-2-1-9(7-11(12)16(18,19)20)10-8-24-13-3-4-21(5-6-22)15(23)14(10)13;1-5(6)3-7(2)4-5/h1-4,6-8H,5H2;3-4,6H2,1-2H3. The van der Waals surface area contributed by atoms with E-state index < -0.39 is 23.1 Å². The number of pyridine rings is 1. The van der Waals surface area contributed by atoms with Gasteiger partial charge in [-0.05, 0) is 37.7 Å². The molecule has 4 rings (SSSR count). The van der Waals surface area contributed by atoms with Crippen molar-refractivity contribution >= 4 is 27.7 Å². The Bertz CT molecular complexity index is 1160. The highest BCUT2D eigenvalue weighted by atomic mass is 32.1. The maximum absolute atomic E-state index is 13.4. The molecule has 1 aliphatic rings. The lowest BCUT2D eigenvalue weighted by atomic mass is 9.95. The molecule has 0 aliphatic carbocycles. The van der Waals surface area contributed by atoms with Crippen molar-refractivity contribution in [3.63, 3.8) is 0 Å². The Morgan fingerprint density at radius 1 is 1.26 bits per heavy atom. The van der Waals surface area contributed by atoms with E-state index in [-0.39, 0.29) is 28.6 Å². The van der Waals surface area contributed by atoms with Crippen molar-refractivity contribution in [2.45, 2.75) is 25.2 Å². The molecule has 3 aromatic rings. The molecule has 5 nitrogen and oxygen atoms in total. The number of carbonyl (C=O) groups excluding carboxylic acids is 1. The zero-order valence-corrected chi connectivity index (χ0v) is 17.7. The molecule has 31 heavy (non-hydrogen) atoms. The molecule has 0 spiro atoms. The number of aldehydes is 1. The topological polar surface area (TPSA) is 68.3 Å². The molecule has 2 aromatic heterocycles. The Morgan fingerprint density at radius 2 is 1.94 bits per heavy atom. The van der Waals surface area contributed by atoms with Gasteiger partial charge >= 0.3 is 6.18 Å². The number of alkyl halides is 3. The van der Waals surface area contributed by atoms with Gasteiger partial charge in [0.15, 0.2) is 0 Å². The SMILES string of the molecule is CN1CC(C)(N)C1.O=CCn1ccc2scc(-c3ccc(F)c(C(F)(F)F)c3)c2c1=O. The summed E-state index contributed by atoms with van der Waals surface area (Å²) in [4.78, 5) is 25.3. The van der Waals surface area contributed by atoms with Gasteiger partial charge in [0.2, 0.25) is 0 Å². The third-order valence-electron chi connectivity index (χ3n) is 4.82. The quantitative estimate of drug-likeness (QED) is 0.483. The Labute approximate surface area is 179 Å². The normalized spacial score (nSPS) is 15.8. The van der Waals surface area contributed by atoms with Gasteiger partial charge in [0.1, 0.15) is 12.1 Å². The van der Waals surface area contributed by atoms with Crippen molar-refractivity contribution in [2.24, 2.45) is 5.73 Å².